The summed E-state index contributed by atoms with van der Waals surface area (Å²) in [6.07, 6.45) is -2.80. The Morgan fingerprint density at radius 1 is 1.03 bits per heavy atom. The second-order valence-corrected chi connectivity index (χ2v) is 9.64. The molecule has 0 spiro atoms. The standard InChI is InChI=1S/C28H24F2N2O7/c1-35-23-9-7-18-19(14-21(37-24(18)32-23)15-4-3-5-16(12-15)25(33)36-2)31-26(34)27(10-11-27)17-6-8-20-22(13-17)39-28(29,30)38-20/h3-9,12-13,19,21H,10-11,14H2,1-2H3,(H,31,34)/t19-,21-/m1/s1. The quantitative estimate of drug-likeness (QED) is 0.454. The predicted octanol–water partition coefficient (Wildman–Crippen LogP) is 4.61. The molecule has 0 saturated heterocycles. The molecule has 1 amide bonds. The SMILES string of the molecule is COC(=O)c1cccc([C@H]2C[C@@H](NC(=O)C3(c4ccc5c(c4)OC(F)(F)O5)CC3)c3ccc(OC)nc3O2)c1. The summed E-state index contributed by atoms with van der Waals surface area (Å²) >= 11 is 0. The van der Waals surface area contributed by atoms with Crippen LogP contribution < -0.4 is 24.3 Å². The molecule has 0 radical (unpaired) electrons. The van der Waals surface area contributed by atoms with Gasteiger partial charge in [-0.2, -0.15) is 4.98 Å². The van der Waals surface area contributed by atoms with Crippen LogP contribution in [0.25, 0.3) is 0 Å². The van der Waals surface area contributed by atoms with Gasteiger partial charge < -0.3 is 29.0 Å². The van der Waals surface area contributed by atoms with Crippen molar-refractivity contribution in [2.24, 2.45) is 0 Å². The van der Waals surface area contributed by atoms with Crippen molar-refractivity contribution < 1.29 is 42.1 Å². The number of carbonyl (C=O) groups is 2. The minimum absolute atomic E-state index is 0.0737. The molecule has 1 aromatic heterocycles. The molecule has 1 saturated carbocycles. The summed E-state index contributed by atoms with van der Waals surface area (Å²) in [6, 6.07) is 14.3. The monoisotopic (exact) mass is 538 g/mol. The highest BCUT2D eigenvalue weighted by Gasteiger charge is 2.53. The fourth-order valence-corrected chi connectivity index (χ4v) is 5.07. The van der Waals surface area contributed by atoms with E-state index in [0.717, 1.165) is 0 Å². The number of alkyl halides is 2. The molecule has 1 aliphatic carbocycles. The Kier molecular flexibility index (Phi) is 5.81. The first kappa shape index (κ1) is 24.9. The topological polar surface area (TPSA) is 105 Å². The van der Waals surface area contributed by atoms with Crippen LogP contribution in [0.15, 0.2) is 54.6 Å². The van der Waals surface area contributed by atoms with Gasteiger partial charge in [0.05, 0.1) is 31.2 Å². The fraction of sp³-hybridized carbons (Fsp3) is 0.321. The molecule has 9 nitrogen and oxygen atoms in total. The van der Waals surface area contributed by atoms with Crippen LogP contribution >= 0.6 is 0 Å². The van der Waals surface area contributed by atoms with E-state index in [1.165, 1.54) is 26.4 Å². The maximum atomic E-state index is 13.7. The third-order valence-electron chi connectivity index (χ3n) is 7.28. The number of methoxy groups -OCH3 is 2. The highest BCUT2D eigenvalue weighted by atomic mass is 19.3. The summed E-state index contributed by atoms with van der Waals surface area (Å²) in [6.45, 7) is 0. The zero-order chi connectivity index (χ0) is 27.4. The van der Waals surface area contributed by atoms with Crippen LogP contribution in [0.1, 0.15) is 58.5 Å². The first-order chi connectivity index (χ1) is 18.7. The van der Waals surface area contributed by atoms with Crippen molar-refractivity contribution in [2.75, 3.05) is 14.2 Å². The molecule has 6 rings (SSSR count). The molecule has 0 unspecified atom stereocenters. The van der Waals surface area contributed by atoms with Crippen molar-refractivity contribution in [1.82, 2.24) is 10.3 Å². The molecule has 3 aliphatic rings. The first-order valence-corrected chi connectivity index (χ1v) is 12.3. The summed E-state index contributed by atoms with van der Waals surface area (Å²) in [7, 11) is 2.80. The van der Waals surface area contributed by atoms with Crippen LogP contribution in [-0.2, 0) is 14.9 Å². The molecule has 11 heteroatoms. The van der Waals surface area contributed by atoms with Crippen molar-refractivity contribution in [3.05, 3.63) is 76.9 Å². The number of fused-ring (bicyclic) bond motifs is 2. The van der Waals surface area contributed by atoms with Crippen LogP contribution in [0, 0.1) is 0 Å². The van der Waals surface area contributed by atoms with Crippen LogP contribution in [0.4, 0.5) is 8.78 Å². The van der Waals surface area contributed by atoms with Crippen molar-refractivity contribution in [3.8, 4) is 23.3 Å². The van der Waals surface area contributed by atoms with Gasteiger partial charge in [-0.3, -0.25) is 4.79 Å². The number of pyridine rings is 1. The number of nitrogens with zero attached hydrogens (tertiary/aromatic N) is 1. The lowest BCUT2D eigenvalue weighted by Crippen LogP contribution is -2.39. The lowest BCUT2D eigenvalue weighted by atomic mass is 9.91. The van der Waals surface area contributed by atoms with Crippen LogP contribution in [0.3, 0.4) is 0 Å². The van der Waals surface area contributed by atoms with Crippen molar-refractivity contribution in [3.63, 3.8) is 0 Å². The summed E-state index contributed by atoms with van der Waals surface area (Å²) in [5.74, 6) is -0.253. The number of aromatic nitrogens is 1. The summed E-state index contributed by atoms with van der Waals surface area (Å²) < 4.78 is 52.5. The third-order valence-corrected chi connectivity index (χ3v) is 7.28. The second kappa shape index (κ2) is 9.11. The molecular weight excluding hydrogens is 514 g/mol. The second-order valence-electron chi connectivity index (χ2n) is 9.64. The maximum absolute atomic E-state index is 13.7. The minimum Gasteiger partial charge on any atom is -0.481 e. The predicted molar refractivity (Wildman–Crippen MR) is 131 cm³/mol. The van der Waals surface area contributed by atoms with E-state index in [1.807, 2.05) is 6.07 Å². The minimum atomic E-state index is -3.74. The molecular formula is C28H24F2N2O7. The molecule has 39 heavy (non-hydrogen) atoms. The first-order valence-electron chi connectivity index (χ1n) is 12.3. The number of hydrogen-bond acceptors (Lipinski definition) is 8. The van der Waals surface area contributed by atoms with Gasteiger partial charge in [-0.25, -0.2) is 4.79 Å². The Morgan fingerprint density at radius 3 is 2.56 bits per heavy atom. The van der Waals surface area contributed by atoms with Gasteiger partial charge in [0.25, 0.3) is 0 Å². The fourth-order valence-electron chi connectivity index (χ4n) is 5.07. The van der Waals surface area contributed by atoms with E-state index in [0.29, 0.717) is 53.3 Å². The van der Waals surface area contributed by atoms with Crippen LogP contribution in [0.5, 0.6) is 23.3 Å². The smallest absolute Gasteiger partial charge is 0.481 e. The molecule has 1 N–H and O–H groups in total. The lowest BCUT2D eigenvalue weighted by Gasteiger charge is -2.33. The molecule has 2 aromatic carbocycles. The summed E-state index contributed by atoms with van der Waals surface area (Å²) in [5.41, 5.74) is 1.45. The van der Waals surface area contributed by atoms with Gasteiger partial charge >= 0.3 is 12.3 Å². The number of amides is 1. The van der Waals surface area contributed by atoms with Crippen molar-refractivity contribution in [2.45, 2.75) is 43.1 Å². The molecule has 0 bridgehead atoms. The molecule has 202 valence electrons. The van der Waals surface area contributed by atoms with Crippen LogP contribution in [0.2, 0.25) is 0 Å². The number of halogens is 2. The molecule has 2 aliphatic heterocycles. The zero-order valence-electron chi connectivity index (χ0n) is 21.0. The normalized spacial score (nSPS) is 21.2. The van der Waals surface area contributed by atoms with Gasteiger partial charge in [0, 0.05) is 18.1 Å². The summed E-state index contributed by atoms with van der Waals surface area (Å²) in [5, 5.41) is 3.13. The number of rotatable bonds is 6. The Hall–Kier alpha value is -4.41. The van der Waals surface area contributed by atoms with Crippen LogP contribution in [-0.4, -0.2) is 37.4 Å². The molecule has 3 aromatic rings. The van der Waals surface area contributed by atoms with E-state index in [2.05, 4.69) is 19.8 Å². The summed E-state index contributed by atoms with van der Waals surface area (Å²) in [4.78, 5) is 30.2. The van der Waals surface area contributed by atoms with Crippen molar-refractivity contribution >= 4 is 11.9 Å². The maximum Gasteiger partial charge on any atom is 0.586 e. The Morgan fingerprint density at radius 2 is 1.82 bits per heavy atom. The number of ether oxygens (including phenoxy) is 5. The van der Waals surface area contributed by atoms with E-state index < -0.39 is 29.8 Å². The van der Waals surface area contributed by atoms with E-state index >= 15 is 0 Å². The molecule has 3 heterocycles. The number of carbonyl (C=O) groups excluding carboxylic acids is 2. The van der Waals surface area contributed by atoms with Gasteiger partial charge in [-0.1, -0.05) is 18.2 Å². The van der Waals surface area contributed by atoms with E-state index in [-0.39, 0.29) is 17.4 Å². The average molecular weight is 539 g/mol. The number of hydrogen-bond donors (Lipinski definition) is 1. The van der Waals surface area contributed by atoms with E-state index in [1.54, 1.807) is 36.4 Å². The van der Waals surface area contributed by atoms with Gasteiger partial charge in [0.1, 0.15) is 6.10 Å². The Bertz CT molecular complexity index is 1470. The Labute approximate surface area is 222 Å². The molecule has 1 fully saturated rings. The van der Waals surface area contributed by atoms with Crippen molar-refractivity contribution in [1.29, 1.82) is 0 Å². The molecule has 2 atom stereocenters. The lowest BCUT2D eigenvalue weighted by molar-refractivity contribution is -0.286. The van der Waals surface area contributed by atoms with Gasteiger partial charge in [0.2, 0.25) is 17.7 Å². The third kappa shape index (κ3) is 4.47. The van der Waals surface area contributed by atoms with E-state index in [9.17, 15) is 18.4 Å². The largest absolute Gasteiger partial charge is 0.586 e. The van der Waals surface area contributed by atoms with Gasteiger partial charge in [0.15, 0.2) is 11.5 Å². The zero-order valence-corrected chi connectivity index (χ0v) is 21.0. The highest BCUT2D eigenvalue weighted by molar-refractivity contribution is 5.92. The Balaban J connectivity index is 1.29. The van der Waals surface area contributed by atoms with E-state index in [4.69, 9.17) is 14.2 Å². The number of nitrogens with one attached hydrogen (secondary N) is 1. The highest BCUT2D eigenvalue weighted by Crippen LogP contribution is 2.52. The van der Waals surface area contributed by atoms with Gasteiger partial charge in [-0.05, 0) is 54.3 Å². The number of benzene rings is 2. The average Bonchev–Trinajstić information content (AvgIpc) is 3.69. The number of esters is 1. The van der Waals surface area contributed by atoms with Gasteiger partial charge in [-0.15, -0.1) is 8.78 Å².